The molecule has 0 fully saturated rings. The van der Waals surface area contributed by atoms with E-state index in [9.17, 15) is 9.18 Å². The second kappa shape index (κ2) is 7.14. The van der Waals surface area contributed by atoms with Crippen LogP contribution < -0.4 is 4.74 Å². The van der Waals surface area contributed by atoms with Crippen molar-refractivity contribution in [2.45, 2.75) is 6.42 Å². The van der Waals surface area contributed by atoms with Crippen LogP contribution in [-0.2, 0) is 6.42 Å². The second-order valence-electron chi connectivity index (χ2n) is 4.90. The van der Waals surface area contributed by atoms with Gasteiger partial charge in [0, 0.05) is 10.6 Å². The Labute approximate surface area is 142 Å². The van der Waals surface area contributed by atoms with Crippen molar-refractivity contribution >= 4 is 17.4 Å². The largest absolute Gasteiger partial charge is 0.454 e. The number of hydrogen-bond acceptors (Lipinski definition) is 5. The number of nitrogens with zero attached hydrogens (tertiary/aromatic N) is 3. The number of carbonyl (C=O) groups excluding carboxylic acids is 1. The molecule has 0 saturated heterocycles. The van der Waals surface area contributed by atoms with Crippen LogP contribution in [-0.4, -0.2) is 20.7 Å². The SMILES string of the molecule is O=C(Cc1cccc(F)n1)c1cc(Cl)cc(Oc2cncnc2)c1. The van der Waals surface area contributed by atoms with Crippen LogP contribution in [0.4, 0.5) is 4.39 Å². The lowest BCUT2D eigenvalue weighted by Gasteiger charge is -2.08. The highest BCUT2D eigenvalue weighted by atomic mass is 35.5. The van der Waals surface area contributed by atoms with Crippen LogP contribution in [0.5, 0.6) is 11.5 Å². The van der Waals surface area contributed by atoms with Gasteiger partial charge in [0.2, 0.25) is 5.95 Å². The minimum atomic E-state index is -0.625. The Morgan fingerprint density at radius 1 is 1.12 bits per heavy atom. The predicted molar refractivity (Wildman–Crippen MR) is 85.8 cm³/mol. The van der Waals surface area contributed by atoms with Gasteiger partial charge in [0.05, 0.1) is 24.5 Å². The monoisotopic (exact) mass is 343 g/mol. The number of carbonyl (C=O) groups is 1. The summed E-state index contributed by atoms with van der Waals surface area (Å²) >= 11 is 6.05. The summed E-state index contributed by atoms with van der Waals surface area (Å²) in [4.78, 5) is 23.8. The van der Waals surface area contributed by atoms with Crippen LogP contribution in [0.25, 0.3) is 0 Å². The van der Waals surface area contributed by atoms with Gasteiger partial charge in [0.25, 0.3) is 0 Å². The van der Waals surface area contributed by atoms with Gasteiger partial charge in [-0.25, -0.2) is 15.0 Å². The standard InChI is InChI=1S/C17H11ClFN3O2/c18-12-4-11(16(23)7-13-2-1-3-17(19)22-13)5-14(6-12)24-15-8-20-10-21-9-15/h1-6,8-10H,7H2. The molecule has 120 valence electrons. The number of benzene rings is 1. The summed E-state index contributed by atoms with van der Waals surface area (Å²) in [5.41, 5.74) is 0.694. The molecule has 5 nitrogen and oxygen atoms in total. The van der Waals surface area contributed by atoms with Crippen molar-refractivity contribution in [3.63, 3.8) is 0 Å². The number of halogens is 2. The molecule has 0 N–H and O–H groups in total. The third-order valence-electron chi connectivity index (χ3n) is 3.08. The molecule has 0 spiro atoms. The van der Waals surface area contributed by atoms with Crippen molar-refractivity contribution < 1.29 is 13.9 Å². The van der Waals surface area contributed by atoms with Crippen LogP contribution in [0.3, 0.4) is 0 Å². The van der Waals surface area contributed by atoms with Gasteiger partial charge in [-0.1, -0.05) is 17.7 Å². The molecule has 0 atom stereocenters. The number of rotatable bonds is 5. The maximum absolute atomic E-state index is 13.1. The molecule has 0 bridgehead atoms. The molecule has 1 aromatic carbocycles. The van der Waals surface area contributed by atoms with E-state index in [2.05, 4.69) is 15.0 Å². The number of pyridine rings is 1. The molecule has 0 aliphatic carbocycles. The smallest absolute Gasteiger partial charge is 0.213 e. The minimum Gasteiger partial charge on any atom is -0.454 e. The van der Waals surface area contributed by atoms with Crippen molar-refractivity contribution in [2.24, 2.45) is 0 Å². The van der Waals surface area contributed by atoms with Crippen LogP contribution in [0.2, 0.25) is 5.02 Å². The molecular weight excluding hydrogens is 333 g/mol. The summed E-state index contributed by atoms with van der Waals surface area (Å²) in [6.07, 6.45) is 4.33. The number of ether oxygens (including phenoxy) is 1. The molecule has 2 aromatic heterocycles. The fourth-order valence-electron chi connectivity index (χ4n) is 2.07. The Balaban J connectivity index is 1.81. The molecule has 2 heterocycles. The highest BCUT2D eigenvalue weighted by Gasteiger charge is 2.12. The summed E-state index contributed by atoms with van der Waals surface area (Å²) in [5.74, 6) is -0.0675. The molecule has 3 rings (SSSR count). The predicted octanol–water partition coefficient (Wildman–Crippen LogP) is 3.88. The summed E-state index contributed by atoms with van der Waals surface area (Å²) in [7, 11) is 0. The van der Waals surface area contributed by atoms with E-state index in [1.54, 1.807) is 18.2 Å². The van der Waals surface area contributed by atoms with E-state index in [0.29, 0.717) is 27.8 Å². The van der Waals surface area contributed by atoms with Gasteiger partial charge in [-0.2, -0.15) is 4.39 Å². The first-order valence-electron chi connectivity index (χ1n) is 6.98. The molecule has 24 heavy (non-hydrogen) atoms. The average Bonchev–Trinajstić information content (AvgIpc) is 2.55. The van der Waals surface area contributed by atoms with Crippen LogP contribution in [0.1, 0.15) is 16.1 Å². The summed E-state index contributed by atoms with van der Waals surface area (Å²) in [6, 6.07) is 8.97. The average molecular weight is 344 g/mol. The molecule has 7 heteroatoms. The molecule has 0 unspecified atom stereocenters. The van der Waals surface area contributed by atoms with Gasteiger partial charge in [-0.05, 0) is 30.3 Å². The van der Waals surface area contributed by atoms with Gasteiger partial charge in [-0.15, -0.1) is 0 Å². The maximum atomic E-state index is 13.1. The number of ketones is 1. The van der Waals surface area contributed by atoms with E-state index < -0.39 is 5.95 Å². The minimum absolute atomic E-state index is 0.0357. The molecule has 3 aromatic rings. The molecular formula is C17H11ClFN3O2. The summed E-state index contributed by atoms with van der Waals surface area (Å²) < 4.78 is 18.7. The van der Waals surface area contributed by atoms with Gasteiger partial charge >= 0.3 is 0 Å². The Bertz CT molecular complexity index is 875. The van der Waals surface area contributed by atoms with Crippen molar-refractivity contribution in [1.82, 2.24) is 15.0 Å². The van der Waals surface area contributed by atoms with Crippen LogP contribution in [0.15, 0.2) is 55.1 Å². The lowest BCUT2D eigenvalue weighted by molar-refractivity contribution is 0.0991. The van der Waals surface area contributed by atoms with Crippen molar-refractivity contribution in [1.29, 1.82) is 0 Å². The van der Waals surface area contributed by atoms with Gasteiger partial charge in [0.1, 0.15) is 12.1 Å². The van der Waals surface area contributed by atoms with Crippen LogP contribution >= 0.6 is 11.6 Å². The fraction of sp³-hybridized carbons (Fsp3) is 0.0588. The highest BCUT2D eigenvalue weighted by Crippen LogP contribution is 2.26. The first-order valence-corrected chi connectivity index (χ1v) is 7.36. The summed E-state index contributed by atoms with van der Waals surface area (Å²) in [5, 5.41) is 0.347. The third kappa shape index (κ3) is 4.11. The molecule has 0 aliphatic rings. The molecule has 0 amide bonds. The molecule has 0 aliphatic heterocycles. The fourth-order valence-corrected chi connectivity index (χ4v) is 2.30. The quantitative estimate of drug-likeness (QED) is 0.519. The Morgan fingerprint density at radius 3 is 2.67 bits per heavy atom. The number of hydrogen-bond donors (Lipinski definition) is 0. The van der Waals surface area contributed by atoms with E-state index in [0.717, 1.165) is 0 Å². The first kappa shape index (κ1) is 16.0. The first-order chi connectivity index (χ1) is 11.6. The Morgan fingerprint density at radius 2 is 1.92 bits per heavy atom. The zero-order valence-corrected chi connectivity index (χ0v) is 13.1. The highest BCUT2D eigenvalue weighted by molar-refractivity contribution is 6.31. The lowest BCUT2D eigenvalue weighted by Crippen LogP contribution is -2.06. The Kier molecular flexibility index (Phi) is 4.77. The van der Waals surface area contributed by atoms with Crippen molar-refractivity contribution in [3.8, 4) is 11.5 Å². The van der Waals surface area contributed by atoms with Gasteiger partial charge in [-0.3, -0.25) is 4.79 Å². The lowest BCUT2D eigenvalue weighted by atomic mass is 10.1. The van der Waals surface area contributed by atoms with E-state index in [4.69, 9.17) is 16.3 Å². The second-order valence-corrected chi connectivity index (χ2v) is 5.34. The number of aromatic nitrogens is 3. The van der Waals surface area contributed by atoms with Gasteiger partial charge < -0.3 is 4.74 Å². The normalized spacial score (nSPS) is 10.4. The molecule has 0 saturated carbocycles. The van der Waals surface area contributed by atoms with Crippen molar-refractivity contribution in [3.05, 3.63) is 77.3 Å². The van der Waals surface area contributed by atoms with E-state index in [1.165, 1.54) is 36.9 Å². The van der Waals surface area contributed by atoms with Gasteiger partial charge in [0.15, 0.2) is 11.5 Å². The topological polar surface area (TPSA) is 65.0 Å². The van der Waals surface area contributed by atoms with E-state index in [1.807, 2.05) is 0 Å². The summed E-state index contributed by atoms with van der Waals surface area (Å²) in [6.45, 7) is 0. The third-order valence-corrected chi connectivity index (χ3v) is 3.30. The molecule has 0 radical (unpaired) electrons. The van der Waals surface area contributed by atoms with E-state index >= 15 is 0 Å². The van der Waals surface area contributed by atoms with Crippen molar-refractivity contribution in [2.75, 3.05) is 0 Å². The maximum Gasteiger partial charge on any atom is 0.213 e. The zero-order valence-electron chi connectivity index (χ0n) is 12.3. The Hall–Kier alpha value is -2.86. The van der Waals surface area contributed by atoms with E-state index in [-0.39, 0.29) is 12.2 Å². The van der Waals surface area contributed by atoms with Crippen LogP contribution in [0, 0.1) is 5.95 Å². The zero-order chi connectivity index (χ0) is 16.9. The number of Topliss-reactive ketones (excluding diaryl/α,β-unsaturated/α-hetero) is 1.